The van der Waals surface area contributed by atoms with Crippen LogP contribution in [-0.4, -0.2) is 17.8 Å². The van der Waals surface area contributed by atoms with Gasteiger partial charge in [0.1, 0.15) is 0 Å². The number of amides is 2. The van der Waals surface area contributed by atoms with Crippen molar-refractivity contribution < 1.29 is 19.5 Å². The standard InChI is InChI=1S/C16H16ClNO4/c1-8-2-4-10-11(6-8)15(20)18(14(10)19)9-3-5-13(17)12(7-9)16(21)22/h3,5,7-8,10-11H,2,4,6H2,1H3,(H,21,22)/p-1/t8-,10+,11+/m0/s1. The fraction of sp³-hybridized carbons (Fsp3) is 0.438. The fourth-order valence-electron chi connectivity index (χ4n) is 3.45. The van der Waals surface area contributed by atoms with Crippen molar-refractivity contribution in [2.45, 2.75) is 26.2 Å². The lowest BCUT2D eigenvalue weighted by Gasteiger charge is -2.25. The van der Waals surface area contributed by atoms with Crippen LogP contribution in [-0.2, 0) is 9.59 Å². The van der Waals surface area contributed by atoms with Crippen LogP contribution in [0.4, 0.5) is 5.69 Å². The molecule has 3 rings (SSSR count). The van der Waals surface area contributed by atoms with Crippen LogP contribution in [0, 0.1) is 17.8 Å². The highest BCUT2D eigenvalue weighted by molar-refractivity contribution is 6.33. The minimum atomic E-state index is -1.43. The molecule has 1 aliphatic carbocycles. The molecule has 0 spiro atoms. The van der Waals surface area contributed by atoms with Gasteiger partial charge in [-0.2, -0.15) is 0 Å². The third kappa shape index (κ3) is 2.29. The van der Waals surface area contributed by atoms with Gasteiger partial charge in [-0.3, -0.25) is 14.5 Å². The second-order valence-corrected chi connectivity index (χ2v) is 6.50. The number of carboxylic acids is 1. The summed E-state index contributed by atoms with van der Waals surface area (Å²) in [6.07, 6.45) is 2.33. The lowest BCUT2D eigenvalue weighted by atomic mass is 9.76. The fourth-order valence-corrected chi connectivity index (χ4v) is 3.65. The van der Waals surface area contributed by atoms with Gasteiger partial charge in [0.2, 0.25) is 11.8 Å². The van der Waals surface area contributed by atoms with E-state index in [4.69, 9.17) is 11.6 Å². The number of aromatic carboxylic acids is 1. The number of rotatable bonds is 2. The predicted molar refractivity (Wildman–Crippen MR) is 78.3 cm³/mol. The predicted octanol–water partition coefficient (Wildman–Crippen LogP) is 1.63. The molecule has 0 unspecified atom stereocenters. The highest BCUT2D eigenvalue weighted by Crippen LogP contribution is 2.42. The zero-order valence-electron chi connectivity index (χ0n) is 12.0. The van der Waals surface area contributed by atoms with Crippen LogP contribution in [0.5, 0.6) is 0 Å². The molecule has 2 fully saturated rings. The Bertz CT molecular complexity index is 672. The van der Waals surface area contributed by atoms with Crippen molar-refractivity contribution in [3.63, 3.8) is 0 Å². The van der Waals surface area contributed by atoms with Crippen molar-refractivity contribution in [1.29, 1.82) is 0 Å². The summed E-state index contributed by atoms with van der Waals surface area (Å²) in [5, 5.41) is 11.1. The molecule has 0 bridgehead atoms. The molecule has 116 valence electrons. The van der Waals surface area contributed by atoms with Gasteiger partial charge < -0.3 is 9.90 Å². The van der Waals surface area contributed by atoms with Gasteiger partial charge in [0, 0.05) is 10.6 Å². The molecule has 2 amide bonds. The van der Waals surface area contributed by atoms with Gasteiger partial charge in [-0.05, 0) is 43.4 Å². The van der Waals surface area contributed by atoms with E-state index < -0.39 is 5.97 Å². The first-order valence-electron chi connectivity index (χ1n) is 7.29. The van der Waals surface area contributed by atoms with E-state index in [2.05, 4.69) is 6.92 Å². The van der Waals surface area contributed by atoms with Gasteiger partial charge in [0.25, 0.3) is 0 Å². The largest absolute Gasteiger partial charge is 0.545 e. The Morgan fingerprint density at radius 1 is 1.23 bits per heavy atom. The average molecular weight is 321 g/mol. The molecular weight excluding hydrogens is 306 g/mol. The number of halogens is 1. The van der Waals surface area contributed by atoms with E-state index in [0.29, 0.717) is 18.8 Å². The second-order valence-electron chi connectivity index (χ2n) is 6.09. The van der Waals surface area contributed by atoms with Crippen molar-refractivity contribution in [3.8, 4) is 0 Å². The molecule has 1 aromatic carbocycles. The second kappa shape index (κ2) is 5.39. The maximum atomic E-state index is 12.6. The Balaban J connectivity index is 1.98. The van der Waals surface area contributed by atoms with Crippen LogP contribution in [0.25, 0.3) is 0 Å². The van der Waals surface area contributed by atoms with Crippen molar-refractivity contribution in [2.75, 3.05) is 4.90 Å². The summed E-state index contributed by atoms with van der Waals surface area (Å²) in [5.74, 6) is -2.08. The van der Waals surface area contributed by atoms with Gasteiger partial charge in [-0.15, -0.1) is 0 Å². The number of carbonyl (C=O) groups excluding carboxylic acids is 3. The summed E-state index contributed by atoms with van der Waals surface area (Å²) in [4.78, 5) is 37.3. The molecule has 1 saturated heterocycles. The lowest BCUT2D eigenvalue weighted by molar-refractivity contribution is -0.255. The van der Waals surface area contributed by atoms with E-state index in [0.717, 1.165) is 11.3 Å². The molecule has 1 aliphatic heterocycles. The Hall–Kier alpha value is -1.88. The van der Waals surface area contributed by atoms with Gasteiger partial charge in [0.15, 0.2) is 0 Å². The molecule has 0 radical (unpaired) electrons. The van der Waals surface area contributed by atoms with Crippen LogP contribution >= 0.6 is 11.6 Å². The summed E-state index contributed by atoms with van der Waals surface area (Å²) in [6.45, 7) is 2.08. The number of hydrogen-bond acceptors (Lipinski definition) is 4. The number of carboxylic acid groups (broad SMARTS) is 1. The minimum Gasteiger partial charge on any atom is -0.545 e. The minimum absolute atomic E-state index is 0.0221. The molecule has 5 nitrogen and oxygen atoms in total. The summed E-state index contributed by atoms with van der Waals surface area (Å²) < 4.78 is 0. The number of fused-ring (bicyclic) bond motifs is 1. The molecule has 3 atom stereocenters. The molecule has 0 N–H and O–H groups in total. The van der Waals surface area contributed by atoms with E-state index >= 15 is 0 Å². The van der Waals surface area contributed by atoms with Crippen LogP contribution in [0.15, 0.2) is 18.2 Å². The number of nitrogens with zero attached hydrogens (tertiary/aromatic N) is 1. The van der Waals surface area contributed by atoms with Crippen molar-refractivity contribution in [1.82, 2.24) is 0 Å². The first-order chi connectivity index (χ1) is 10.4. The van der Waals surface area contributed by atoms with E-state index in [1.165, 1.54) is 18.2 Å². The Kier molecular flexibility index (Phi) is 3.68. The third-order valence-electron chi connectivity index (χ3n) is 4.62. The molecule has 22 heavy (non-hydrogen) atoms. The highest BCUT2D eigenvalue weighted by atomic mass is 35.5. The van der Waals surface area contributed by atoms with Crippen LogP contribution in [0.2, 0.25) is 5.02 Å². The SMILES string of the molecule is C[C@H]1CC[C@H]2C(=O)N(c3ccc(Cl)c(C(=O)[O-])c3)C(=O)[C@@H]2C1. The number of anilines is 1. The summed E-state index contributed by atoms with van der Waals surface area (Å²) in [6, 6.07) is 4.09. The molecule has 1 saturated carbocycles. The number of benzene rings is 1. The maximum Gasteiger partial charge on any atom is 0.237 e. The maximum absolute atomic E-state index is 12.6. The number of imide groups is 1. The zero-order valence-corrected chi connectivity index (χ0v) is 12.8. The average Bonchev–Trinajstić information content (AvgIpc) is 2.71. The molecule has 6 heteroatoms. The first-order valence-corrected chi connectivity index (χ1v) is 7.66. The van der Waals surface area contributed by atoms with Gasteiger partial charge >= 0.3 is 0 Å². The third-order valence-corrected chi connectivity index (χ3v) is 4.95. The van der Waals surface area contributed by atoms with Crippen LogP contribution < -0.4 is 10.0 Å². The summed E-state index contributed by atoms with van der Waals surface area (Å²) >= 11 is 5.80. The quantitative estimate of drug-likeness (QED) is 0.776. The van der Waals surface area contributed by atoms with E-state index in [1.54, 1.807) is 0 Å². The Morgan fingerprint density at radius 3 is 2.59 bits per heavy atom. The zero-order chi connectivity index (χ0) is 16.0. The molecule has 1 heterocycles. The molecular formula is C16H15ClNO4-. The molecule has 0 aromatic heterocycles. The summed E-state index contributed by atoms with van der Waals surface area (Å²) in [5.41, 5.74) is 0.0312. The summed E-state index contributed by atoms with van der Waals surface area (Å²) in [7, 11) is 0. The lowest BCUT2D eigenvalue weighted by Crippen LogP contribution is -2.31. The first kappa shape index (κ1) is 15.0. The number of carbonyl (C=O) groups is 3. The van der Waals surface area contributed by atoms with Crippen LogP contribution in [0.1, 0.15) is 36.5 Å². The van der Waals surface area contributed by atoms with Gasteiger partial charge in [-0.1, -0.05) is 18.5 Å². The van der Waals surface area contributed by atoms with Crippen LogP contribution in [0.3, 0.4) is 0 Å². The van der Waals surface area contributed by atoms with E-state index in [1.807, 2.05) is 0 Å². The van der Waals surface area contributed by atoms with E-state index in [9.17, 15) is 19.5 Å². The molecule has 1 aromatic rings. The smallest absolute Gasteiger partial charge is 0.237 e. The highest BCUT2D eigenvalue weighted by Gasteiger charge is 2.49. The van der Waals surface area contributed by atoms with E-state index in [-0.39, 0.29) is 39.9 Å². The Labute approximate surface area is 132 Å². The van der Waals surface area contributed by atoms with Gasteiger partial charge in [-0.25, -0.2) is 0 Å². The van der Waals surface area contributed by atoms with Crippen molar-refractivity contribution in [2.24, 2.45) is 17.8 Å². The Morgan fingerprint density at radius 2 is 1.91 bits per heavy atom. The van der Waals surface area contributed by atoms with Crippen molar-refractivity contribution >= 4 is 35.1 Å². The van der Waals surface area contributed by atoms with Gasteiger partial charge in [0.05, 0.1) is 23.5 Å². The molecule has 2 aliphatic rings. The number of hydrogen-bond donors (Lipinski definition) is 0. The van der Waals surface area contributed by atoms with Crippen molar-refractivity contribution in [3.05, 3.63) is 28.8 Å². The normalized spacial score (nSPS) is 27.9. The monoisotopic (exact) mass is 320 g/mol. The topological polar surface area (TPSA) is 77.5 Å².